The molecule has 1 aromatic carbocycles. The summed E-state index contributed by atoms with van der Waals surface area (Å²) >= 11 is 0. The average molecular weight is 318 g/mol. The number of benzene rings is 1. The molecule has 23 heavy (non-hydrogen) atoms. The number of fused-ring (bicyclic) bond motifs is 1. The minimum atomic E-state index is -1.60. The summed E-state index contributed by atoms with van der Waals surface area (Å²) in [5, 5.41) is 21.4. The lowest BCUT2D eigenvalue weighted by atomic mass is 9.90. The second-order valence-electron chi connectivity index (χ2n) is 6.41. The summed E-state index contributed by atoms with van der Waals surface area (Å²) in [4.78, 5) is 35.1. The fourth-order valence-corrected chi connectivity index (χ4v) is 3.90. The Morgan fingerprint density at radius 3 is 2.48 bits per heavy atom. The summed E-state index contributed by atoms with van der Waals surface area (Å²) in [6.45, 7) is 1.80. The van der Waals surface area contributed by atoms with Crippen molar-refractivity contribution in [2.75, 3.05) is 0 Å². The molecule has 2 aliphatic rings. The highest BCUT2D eigenvalue weighted by atomic mass is 16.4. The van der Waals surface area contributed by atoms with Gasteiger partial charge >= 0.3 is 11.9 Å². The van der Waals surface area contributed by atoms with Gasteiger partial charge in [-0.05, 0) is 30.9 Å². The Morgan fingerprint density at radius 1 is 1.26 bits per heavy atom. The lowest BCUT2D eigenvalue weighted by Gasteiger charge is -2.25. The van der Waals surface area contributed by atoms with Crippen molar-refractivity contribution in [1.29, 1.82) is 0 Å². The summed E-state index contributed by atoms with van der Waals surface area (Å²) in [7, 11) is 0. The van der Waals surface area contributed by atoms with Gasteiger partial charge in [0.25, 0.3) is 5.91 Å². The van der Waals surface area contributed by atoms with Gasteiger partial charge in [0.2, 0.25) is 0 Å². The molecule has 0 saturated heterocycles. The predicted molar refractivity (Wildman–Crippen MR) is 79.7 cm³/mol. The zero-order chi connectivity index (χ0) is 16.9. The number of carboxylic acids is 2. The van der Waals surface area contributed by atoms with E-state index in [4.69, 9.17) is 5.73 Å². The summed E-state index contributed by atoms with van der Waals surface area (Å²) in [5.74, 6) is -4.50. The summed E-state index contributed by atoms with van der Waals surface area (Å²) in [5.41, 5.74) is 5.62. The van der Waals surface area contributed by atoms with Crippen LogP contribution in [0.1, 0.15) is 22.3 Å². The van der Waals surface area contributed by atoms with Crippen LogP contribution in [0.5, 0.6) is 0 Å². The smallest absolute Gasteiger partial charge is 0.324 e. The first-order chi connectivity index (χ1) is 10.8. The summed E-state index contributed by atoms with van der Waals surface area (Å²) < 4.78 is 0. The molecule has 0 aliphatic heterocycles. The molecular weight excluding hydrogens is 300 g/mol. The van der Waals surface area contributed by atoms with E-state index < -0.39 is 41.3 Å². The van der Waals surface area contributed by atoms with Gasteiger partial charge in [-0.3, -0.25) is 14.4 Å². The maximum atomic E-state index is 12.4. The summed E-state index contributed by atoms with van der Waals surface area (Å²) in [6.07, 6.45) is 0.0407. The van der Waals surface area contributed by atoms with E-state index in [9.17, 15) is 24.6 Å². The third-order valence-corrected chi connectivity index (χ3v) is 5.08. The highest BCUT2D eigenvalue weighted by Crippen LogP contribution is 2.61. The molecule has 5 atom stereocenters. The van der Waals surface area contributed by atoms with E-state index in [0.29, 0.717) is 5.56 Å². The molecular formula is C16H18N2O5. The van der Waals surface area contributed by atoms with Crippen LogP contribution < -0.4 is 11.1 Å². The molecule has 7 nitrogen and oxygen atoms in total. The first-order valence-corrected chi connectivity index (χ1v) is 7.39. The van der Waals surface area contributed by atoms with Crippen LogP contribution in [-0.2, 0) is 9.59 Å². The van der Waals surface area contributed by atoms with E-state index in [1.807, 2.05) is 6.07 Å². The molecule has 2 saturated carbocycles. The summed E-state index contributed by atoms with van der Waals surface area (Å²) in [6, 6.07) is 6.48. The van der Waals surface area contributed by atoms with Crippen molar-refractivity contribution >= 4 is 17.8 Å². The highest BCUT2D eigenvalue weighted by Gasteiger charge is 2.74. The fourth-order valence-electron chi connectivity index (χ4n) is 3.90. The molecule has 3 rings (SSSR count). The Kier molecular flexibility index (Phi) is 3.40. The predicted octanol–water partition coefficient (Wildman–Crippen LogP) is 0.226. The molecule has 5 N–H and O–H groups in total. The van der Waals surface area contributed by atoms with Gasteiger partial charge in [0, 0.05) is 17.5 Å². The van der Waals surface area contributed by atoms with Crippen LogP contribution in [0.2, 0.25) is 0 Å². The van der Waals surface area contributed by atoms with Crippen LogP contribution in [0.25, 0.3) is 0 Å². The first-order valence-electron chi connectivity index (χ1n) is 7.39. The topological polar surface area (TPSA) is 130 Å². The minimum Gasteiger partial charge on any atom is -0.481 e. The Morgan fingerprint density at radius 2 is 1.91 bits per heavy atom. The number of nitrogens with one attached hydrogen (secondary N) is 1. The molecule has 1 amide bonds. The molecule has 0 bridgehead atoms. The second-order valence-corrected chi connectivity index (χ2v) is 6.41. The van der Waals surface area contributed by atoms with Crippen LogP contribution in [-0.4, -0.2) is 39.6 Å². The number of amides is 1. The van der Waals surface area contributed by atoms with Gasteiger partial charge in [-0.2, -0.15) is 0 Å². The Bertz CT molecular complexity index is 703. The number of aryl methyl sites for hydroxylation is 1. The number of hydrogen-bond acceptors (Lipinski definition) is 4. The van der Waals surface area contributed by atoms with Crippen molar-refractivity contribution in [3.8, 4) is 0 Å². The lowest BCUT2D eigenvalue weighted by Crippen LogP contribution is -2.52. The fraction of sp³-hybridized carbons (Fsp3) is 0.438. The zero-order valence-corrected chi connectivity index (χ0v) is 12.5. The van der Waals surface area contributed by atoms with E-state index in [1.54, 1.807) is 25.1 Å². The van der Waals surface area contributed by atoms with Crippen LogP contribution >= 0.6 is 0 Å². The van der Waals surface area contributed by atoms with Gasteiger partial charge in [-0.15, -0.1) is 0 Å². The highest BCUT2D eigenvalue weighted by molar-refractivity contribution is 5.96. The standard InChI is InChI=1S/C16H18N2O5/c1-7-4-2-3-5-8(7)13(19)18-9-6-16(17,15(22)23)12-10(9)11(12)14(20)21/h2-5,9-12H,6,17H2,1H3,(H,18,19)(H,20,21)(H,22,23)/t9-,10-,11-,12+,16-/m1/s1. The van der Waals surface area contributed by atoms with E-state index in [0.717, 1.165) is 5.56 Å². The molecule has 0 heterocycles. The van der Waals surface area contributed by atoms with Crippen molar-refractivity contribution in [1.82, 2.24) is 5.32 Å². The Balaban J connectivity index is 1.82. The minimum absolute atomic E-state index is 0.0407. The third-order valence-electron chi connectivity index (χ3n) is 5.08. The Labute approximate surface area is 132 Å². The molecule has 2 aliphatic carbocycles. The molecule has 2 fully saturated rings. The molecule has 0 aromatic heterocycles. The van der Waals surface area contributed by atoms with Crippen molar-refractivity contribution in [2.24, 2.45) is 23.5 Å². The van der Waals surface area contributed by atoms with E-state index in [2.05, 4.69) is 5.32 Å². The number of carboxylic acid groups (broad SMARTS) is 2. The van der Waals surface area contributed by atoms with Crippen molar-refractivity contribution in [3.05, 3.63) is 35.4 Å². The molecule has 0 radical (unpaired) electrons. The maximum absolute atomic E-state index is 12.4. The van der Waals surface area contributed by atoms with Crippen LogP contribution in [0.15, 0.2) is 24.3 Å². The zero-order valence-electron chi connectivity index (χ0n) is 12.5. The van der Waals surface area contributed by atoms with E-state index in [-0.39, 0.29) is 12.3 Å². The normalized spacial score (nSPS) is 34.5. The van der Waals surface area contributed by atoms with Gasteiger partial charge in [-0.1, -0.05) is 18.2 Å². The lowest BCUT2D eigenvalue weighted by molar-refractivity contribution is -0.145. The van der Waals surface area contributed by atoms with Crippen molar-refractivity contribution < 1.29 is 24.6 Å². The van der Waals surface area contributed by atoms with Crippen LogP contribution in [0.3, 0.4) is 0 Å². The first kappa shape index (κ1) is 15.5. The molecule has 7 heteroatoms. The van der Waals surface area contributed by atoms with Gasteiger partial charge in [0.15, 0.2) is 0 Å². The number of nitrogens with two attached hydrogens (primary N) is 1. The van der Waals surface area contributed by atoms with E-state index in [1.165, 1.54) is 0 Å². The monoisotopic (exact) mass is 318 g/mol. The average Bonchev–Trinajstić information content (AvgIpc) is 3.16. The second kappa shape index (κ2) is 5.06. The molecule has 0 unspecified atom stereocenters. The number of rotatable bonds is 4. The molecule has 1 aromatic rings. The van der Waals surface area contributed by atoms with Crippen molar-refractivity contribution in [2.45, 2.75) is 24.9 Å². The third kappa shape index (κ3) is 2.28. The van der Waals surface area contributed by atoms with E-state index >= 15 is 0 Å². The van der Waals surface area contributed by atoms with Gasteiger partial charge in [0.1, 0.15) is 5.54 Å². The van der Waals surface area contributed by atoms with Gasteiger partial charge in [0.05, 0.1) is 5.92 Å². The molecule has 0 spiro atoms. The Hall–Kier alpha value is -2.41. The number of aliphatic carboxylic acids is 2. The largest absolute Gasteiger partial charge is 0.481 e. The van der Waals surface area contributed by atoms with Gasteiger partial charge < -0.3 is 21.3 Å². The quantitative estimate of drug-likeness (QED) is 0.628. The SMILES string of the molecule is Cc1ccccc1C(=O)N[C@@H]1C[C@](N)(C(=O)O)[C@@H]2[C@H](C(=O)O)[C@H]21. The van der Waals surface area contributed by atoms with Crippen LogP contribution in [0.4, 0.5) is 0 Å². The number of hydrogen-bond donors (Lipinski definition) is 4. The molecule has 122 valence electrons. The van der Waals surface area contributed by atoms with Gasteiger partial charge in [-0.25, -0.2) is 0 Å². The maximum Gasteiger partial charge on any atom is 0.324 e. The number of carbonyl (C=O) groups is 3. The number of carbonyl (C=O) groups excluding carboxylic acids is 1. The van der Waals surface area contributed by atoms with Crippen molar-refractivity contribution in [3.63, 3.8) is 0 Å². The van der Waals surface area contributed by atoms with Crippen LogP contribution in [0, 0.1) is 24.7 Å².